The van der Waals surface area contributed by atoms with Crippen LogP contribution in [0, 0.1) is 6.92 Å². The van der Waals surface area contributed by atoms with E-state index in [9.17, 15) is 19.5 Å². The van der Waals surface area contributed by atoms with E-state index in [1.54, 1.807) is 48.2 Å². The first-order valence-corrected chi connectivity index (χ1v) is 9.66. The number of nitrogens with one attached hydrogen (secondary N) is 1. The molecule has 0 saturated heterocycles. The summed E-state index contributed by atoms with van der Waals surface area (Å²) in [5.74, 6) is 0.990. The molecule has 29 heavy (non-hydrogen) atoms. The second-order valence-electron chi connectivity index (χ2n) is 6.63. The van der Waals surface area contributed by atoms with Gasteiger partial charge in [0.25, 0.3) is 5.56 Å². The van der Waals surface area contributed by atoms with Crippen molar-refractivity contribution in [2.45, 2.75) is 26.3 Å². The molecule has 1 amide bonds. The minimum Gasteiger partial charge on any atom is -0.499 e. The molecule has 2 N–H and O–H groups in total. The number of hydrogen-bond acceptors (Lipinski definition) is 7. The Morgan fingerprint density at radius 3 is 2.69 bits per heavy atom. The van der Waals surface area contributed by atoms with Gasteiger partial charge in [-0.2, -0.15) is 0 Å². The number of aromatic amines is 1. The number of nitrogens with zero attached hydrogens (tertiary/aromatic N) is 2. The number of benzene rings is 1. The number of rotatable bonds is 2. The molecule has 0 aliphatic carbocycles. The van der Waals surface area contributed by atoms with Crippen LogP contribution in [-0.4, -0.2) is 21.7 Å². The molecule has 1 unspecified atom stereocenters. The highest BCUT2D eigenvalue weighted by molar-refractivity contribution is 7.11. The first-order chi connectivity index (χ1) is 13.8. The van der Waals surface area contributed by atoms with E-state index in [1.165, 1.54) is 6.92 Å². The first-order valence-electron chi connectivity index (χ1n) is 8.84. The Labute approximate surface area is 168 Å². The number of carbonyl (C=O) groups is 1. The number of aryl methyl sites for hydroxylation is 1. The number of H-pyrrole nitrogens is 1. The lowest BCUT2D eigenvalue weighted by atomic mass is 10.0. The lowest BCUT2D eigenvalue weighted by Gasteiger charge is -2.28. The molecule has 1 atom stereocenters. The fourth-order valence-corrected chi connectivity index (χ4v) is 4.11. The second-order valence-corrected chi connectivity index (χ2v) is 7.59. The summed E-state index contributed by atoms with van der Waals surface area (Å²) in [5, 5.41) is 9.90. The van der Waals surface area contributed by atoms with Gasteiger partial charge in [-0.1, -0.05) is 12.1 Å². The maximum Gasteiger partial charge on any atom is 0.310 e. The third-order valence-corrected chi connectivity index (χ3v) is 5.34. The van der Waals surface area contributed by atoms with Crippen molar-refractivity contribution >= 4 is 34.3 Å². The van der Waals surface area contributed by atoms with Crippen molar-refractivity contribution in [2.75, 3.05) is 4.90 Å². The van der Waals surface area contributed by atoms with E-state index < -0.39 is 21.5 Å². The lowest BCUT2D eigenvalue weighted by Crippen LogP contribution is -2.34. The van der Waals surface area contributed by atoms with E-state index in [1.807, 2.05) is 0 Å². The highest BCUT2D eigenvalue weighted by Crippen LogP contribution is 2.41. The van der Waals surface area contributed by atoms with Gasteiger partial charge in [0, 0.05) is 13.3 Å². The van der Waals surface area contributed by atoms with E-state index in [2.05, 4.69) is 9.98 Å². The number of aliphatic imine (C=N–C) groups is 1. The molecule has 3 heterocycles. The number of para-hydroxylation sites is 2. The summed E-state index contributed by atoms with van der Waals surface area (Å²) >= 11 is 0.523. The molecule has 1 aliphatic rings. The van der Waals surface area contributed by atoms with Crippen LogP contribution in [-0.2, 0) is 4.79 Å². The van der Waals surface area contributed by atoms with Crippen molar-refractivity contribution in [1.82, 2.24) is 4.98 Å². The monoisotopic (exact) mass is 411 g/mol. The van der Waals surface area contributed by atoms with E-state index in [4.69, 9.17) is 4.42 Å². The van der Waals surface area contributed by atoms with Crippen molar-refractivity contribution in [3.63, 3.8) is 0 Å². The van der Waals surface area contributed by atoms with Gasteiger partial charge < -0.3 is 9.52 Å². The molecule has 148 valence electrons. The zero-order chi connectivity index (χ0) is 20.7. The summed E-state index contributed by atoms with van der Waals surface area (Å²) in [6.45, 7) is 3.25. The molecule has 1 aliphatic heterocycles. The second kappa shape index (κ2) is 7.17. The fraction of sp³-hybridized carbons (Fsp3) is 0.200. The predicted octanol–water partition coefficient (Wildman–Crippen LogP) is 3.02. The molecule has 0 bridgehead atoms. The molecular formula is C20H17N3O5S. The third-order valence-electron chi connectivity index (χ3n) is 4.66. The summed E-state index contributed by atoms with van der Waals surface area (Å²) in [5.41, 5.74) is 0.485. The number of hydrogen-bond donors (Lipinski definition) is 2. The quantitative estimate of drug-likeness (QED) is 0.672. The Morgan fingerprint density at radius 1 is 1.28 bits per heavy atom. The van der Waals surface area contributed by atoms with Gasteiger partial charge in [-0.25, -0.2) is 0 Å². The summed E-state index contributed by atoms with van der Waals surface area (Å²) in [6, 6.07) is 10.0. The highest BCUT2D eigenvalue weighted by Gasteiger charge is 2.34. The Morgan fingerprint density at radius 2 is 2.03 bits per heavy atom. The van der Waals surface area contributed by atoms with Crippen molar-refractivity contribution in [3.8, 4) is 5.06 Å². The number of carbonyl (C=O) groups excluding carboxylic acids is 1. The van der Waals surface area contributed by atoms with Crippen LogP contribution < -0.4 is 15.3 Å². The SMILES string of the molecule is CC(=O)N1c2ccccc2N=C(c2c(O)sc(=O)[nH]c2=O)CC1c1ccc(C)o1. The summed E-state index contributed by atoms with van der Waals surface area (Å²) in [7, 11) is 0. The van der Waals surface area contributed by atoms with Crippen LogP contribution in [0.4, 0.5) is 11.4 Å². The van der Waals surface area contributed by atoms with Crippen LogP contribution in [0.25, 0.3) is 0 Å². The number of aromatic hydroxyl groups is 1. The van der Waals surface area contributed by atoms with E-state index in [0.29, 0.717) is 34.2 Å². The number of furan rings is 1. The van der Waals surface area contributed by atoms with Gasteiger partial charge >= 0.3 is 4.87 Å². The predicted molar refractivity (Wildman–Crippen MR) is 109 cm³/mol. The molecular weight excluding hydrogens is 394 g/mol. The van der Waals surface area contributed by atoms with Crippen molar-refractivity contribution < 1.29 is 14.3 Å². The van der Waals surface area contributed by atoms with Crippen LogP contribution in [0.2, 0.25) is 0 Å². The lowest BCUT2D eigenvalue weighted by molar-refractivity contribution is -0.117. The van der Waals surface area contributed by atoms with Crippen LogP contribution in [0.1, 0.15) is 36.5 Å². The smallest absolute Gasteiger partial charge is 0.310 e. The molecule has 0 spiro atoms. The number of aromatic nitrogens is 1. The molecule has 0 saturated carbocycles. The van der Waals surface area contributed by atoms with Crippen LogP contribution in [0.15, 0.2) is 55.4 Å². The number of anilines is 1. The normalized spacial score (nSPS) is 16.1. The summed E-state index contributed by atoms with van der Waals surface area (Å²) in [4.78, 5) is 44.3. The van der Waals surface area contributed by atoms with E-state index >= 15 is 0 Å². The standard InChI is InChI=1S/C20H17N3O5S/c1-10-7-8-16(28-10)15-9-13(17-18(25)22-20(27)29-19(17)26)21-12-5-3-4-6-14(12)23(15)11(2)24/h3-8,15,26H,9H2,1-2H3,(H,22,25,27). The molecule has 2 aromatic heterocycles. The maximum absolute atomic E-state index is 12.6. The topological polar surface area (TPSA) is 116 Å². The van der Waals surface area contributed by atoms with Crippen molar-refractivity contribution in [1.29, 1.82) is 0 Å². The largest absolute Gasteiger partial charge is 0.499 e. The van der Waals surface area contributed by atoms with Crippen LogP contribution >= 0.6 is 11.3 Å². The summed E-state index contributed by atoms with van der Waals surface area (Å²) in [6.07, 6.45) is 0.114. The molecule has 0 fully saturated rings. The molecule has 1 aromatic carbocycles. The van der Waals surface area contributed by atoms with Gasteiger partial charge in [0.15, 0.2) is 5.06 Å². The van der Waals surface area contributed by atoms with Gasteiger partial charge in [0.1, 0.15) is 23.1 Å². The average Bonchev–Trinajstić information content (AvgIpc) is 2.99. The first kappa shape index (κ1) is 18.9. The van der Waals surface area contributed by atoms with Crippen molar-refractivity contribution in [3.05, 3.63) is 73.5 Å². The van der Waals surface area contributed by atoms with E-state index in [0.717, 1.165) is 0 Å². The highest BCUT2D eigenvalue weighted by atomic mass is 32.1. The van der Waals surface area contributed by atoms with Gasteiger partial charge in [0.05, 0.1) is 17.1 Å². The minimum atomic E-state index is -0.729. The Hall–Kier alpha value is -3.46. The molecule has 8 nitrogen and oxygen atoms in total. The van der Waals surface area contributed by atoms with Gasteiger partial charge in [-0.15, -0.1) is 0 Å². The Balaban J connectivity index is 1.98. The molecule has 4 rings (SSSR count). The summed E-state index contributed by atoms with van der Waals surface area (Å²) < 4.78 is 5.79. The van der Waals surface area contributed by atoms with E-state index in [-0.39, 0.29) is 23.6 Å². The number of fused-ring (bicyclic) bond motifs is 1. The Bertz CT molecular complexity index is 1250. The zero-order valence-electron chi connectivity index (χ0n) is 15.6. The molecule has 3 aromatic rings. The molecule has 0 radical (unpaired) electrons. The average molecular weight is 411 g/mol. The molecule has 9 heteroatoms. The van der Waals surface area contributed by atoms with Crippen LogP contribution in [0.5, 0.6) is 5.06 Å². The number of amides is 1. The van der Waals surface area contributed by atoms with Crippen molar-refractivity contribution in [2.24, 2.45) is 4.99 Å². The zero-order valence-corrected chi connectivity index (χ0v) is 16.4. The van der Waals surface area contributed by atoms with Gasteiger partial charge in [0.2, 0.25) is 5.91 Å². The third kappa shape index (κ3) is 3.40. The fourth-order valence-electron chi connectivity index (χ4n) is 3.47. The minimum absolute atomic E-state index is 0.0805. The Kier molecular flexibility index (Phi) is 4.67. The maximum atomic E-state index is 12.6. The van der Waals surface area contributed by atoms with Gasteiger partial charge in [-0.05, 0) is 42.5 Å². The van der Waals surface area contributed by atoms with Gasteiger partial charge in [-0.3, -0.25) is 29.3 Å². The van der Waals surface area contributed by atoms with Crippen LogP contribution in [0.3, 0.4) is 0 Å².